The molecule has 2 saturated carbocycles. The molecule has 27 heavy (non-hydrogen) atoms. The van der Waals surface area contributed by atoms with Crippen molar-refractivity contribution in [2.45, 2.75) is 96.3 Å². The van der Waals surface area contributed by atoms with Crippen molar-refractivity contribution in [3.8, 4) is 0 Å². The predicted octanol–water partition coefficient (Wildman–Crippen LogP) is 8.43. The zero-order valence-corrected chi connectivity index (χ0v) is 17.3. The van der Waals surface area contributed by atoms with Crippen LogP contribution in [-0.4, -0.2) is 0 Å². The summed E-state index contributed by atoms with van der Waals surface area (Å²) in [5, 5.41) is 0. The summed E-state index contributed by atoms with van der Waals surface area (Å²) in [5.74, 6) is 3.31. The minimum atomic E-state index is -0.117. The molecule has 1 heteroatoms. The number of unbranched alkanes of at least 4 members (excludes halogenated alkanes) is 1. The van der Waals surface area contributed by atoms with Crippen molar-refractivity contribution in [1.82, 2.24) is 0 Å². The molecule has 0 aliphatic heterocycles. The summed E-state index contributed by atoms with van der Waals surface area (Å²) < 4.78 is 13.1. The third-order valence-corrected chi connectivity index (χ3v) is 7.20. The van der Waals surface area contributed by atoms with Gasteiger partial charge in [0.1, 0.15) is 5.82 Å². The van der Waals surface area contributed by atoms with Gasteiger partial charge in [-0.2, -0.15) is 0 Å². The second-order valence-electron chi connectivity index (χ2n) is 9.20. The lowest BCUT2D eigenvalue weighted by Gasteiger charge is -2.29. The maximum absolute atomic E-state index is 13.1. The average molecular weight is 371 g/mol. The highest BCUT2D eigenvalue weighted by atomic mass is 19.1. The molecular weight excluding hydrogens is 331 g/mol. The lowest BCUT2D eigenvalue weighted by molar-refractivity contribution is 0.289. The normalized spacial score (nSPS) is 29.3. The van der Waals surface area contributed by atoms with Crippen LogP contribution < -0.4 is 0 Å². The van der Waals surface area contributed by atoms with Gasteiger partial charge >= 0.3 is 0 Å². The molecule has 0 saturated heterocycles. The van der Waals surface area contributed by atoms with Gasteiger partial charge in [-0.3, -0.25) is 0 Å². The van der Waals surface area contributed by atoms with Gasteiger partial charge in [-0.15, -0.1) is 0 Å². The fourth-order valence-corrected chi connectivity index (χ4v) is 5.30. The Hall–Kier alpha value is -1.11. The van der Waals surface area contributed by atoms with Crippen molar-refractivity contribution < 1.29 is 4.39 Å². The molecular formula is C26H39F. The molecule has 2 aliphatic carbocycles. The molecule has 0 N–H and O–H groups in total. The van der Waals surface area contributed by atoms with E-state index in [1.54, 1.807) is 12.1 Å². The summed E-state index contributed by atoms with van der Waals surface area (Å²) in [7, 11) is 0. The predicted molar refractivity (Wildman–Crippen MR) is 114 cm³/mol. The first kappa shape index (κ1) is 20.6. The Kier molecular flexibility index (Phi) is 8.42. The molecule has 2 aliphatic rings. The SMILES string of the molecule is CCCCC1CCC(/C=C/CCC2CCC(c3ccc(F)cc3)CC2)CC1. The molecule has 3 rings (SSSR count). The molecule has 0 amide bonds. The topological polar surface area (TPSA) is 0 Å². The van der Waals surface area contributed by atoms with E-state index >= 15 is 0 Å². The van der Waals surface area contributed by atoms with E-state index in [2.05, 4.69) is 19.1 Å². The lowest BCUT2D eigenvalue weighted by Crippen LogP contribution is -2.13. The number of allylic oxidation sites excluding steroid dienone is 2. The van der Waals surface area contributed by atoms with Gasteiger partial charge in [0.25, 0.3) is 0 Å². The van der Waals surface area contributed by atoms with Gasteiger partial charge in [0.05, 0.1) is 0 Å². The zero-order valence-electron chi connectivity index (χ0n) is 17.3. The fraction of sp³-hybridized carbons (Fsp3) is 0.692. The van der Waals surface area contributed by atoms with E-state index in [1.807, 2.05) is 12.1 Å². The Morgan fingerprint density at radius 1 is 0.852 bits per heavy atom. The van der Waals surface area contributed by atoms with E-state index in [9.17, 15) is 4.39 Å². The molecule has 2 fully saturated rings. The molecule has 0 nitrogen and oxygen atoms in total. The maximum Gasteiger partial charge on any atom is 0.123 e. The van der Waals surface area contributed by atoms with E-state index < -0.39 is 0 Å². The zero-order chi connectivity index (χ0) is 18.9. The van der Waals surface area contributed by atoms with Gasteiger partial charge in [0.2, 0.25) is 0 Å². The van der Waals surface area contributed by atoms with Crippen LogP contribution in [0.15, 0.2) is 36.4 Å². The Labute approximate surface area is 166 Å². The highest BCUT2D eigenvalue weighted by Gasteiger charge is 2.22. The van der Waals surface area contributed by atoms with E-state index in [4.69, 9.17) is 0 Å². The van der Waals surface area contributed by atoms with Crippen LogP contribution in [0.2, 0.25) is 0 Å². The molecule has 1 aromatic rings. The maximum atomic E-state index is 13.1. The minimum absolute atomic E-state index is 0.117. The van der Waals surface area contributed by atoms with Crippen molar-refractivity contribution in [1.29, 1.82) is 0 Å². The van der Waals surface area contributed by atoms with E-state index in [0.717, 1.165) is 17.8 Å². The van der Waals surface area contributed by atoms with E-state index in [-0.39, 0.29) is 5.82 Å². The number of rotatable bonds is 8. The Bertz CT molecular complexity index is 542. The van der Waals surface area contributed by atoms with Crippen molar-refractivity contribution in [2.24, 2.45) is 17.8 Å². The molecule has 0 radical (unpaired) electrons. The molecule has 1 aromatic carbocycles. The highest BCUT2D eigenvalue weighted by Crippen LogP contribution is 2.38. The largest absolute Gasteiger partial charge is 0.207 e. The van der Waals surface area contributed by atoms with Crippen LogP contribution in [0.1, 0.15) is 102 Å². The van der Waals surface area contributed by atoms with Gasteiger partial charge in [0.15, 0.2) is 0 Å². The molecule has 0 aromatic heterocycles. The molecule has 0 unspecified atom stereocenters. The van der Waals surface area contributed by atoms with Crippen LogP contribution in [0.25, 0.3) is 0 Å². The lowest BCUT2D eigenvalue weighted by atomic mass is 9.77. The third-order valence-electron chi connectivity index (χ3n) is 7.20. The molecule has 0 spiro atoms. The van der Waals surface area contributed by atoms with Crippen LogP contribution in [-0.2, 0) is 0 Å². The number of benzene rings is 1. The second-order valence-corrected chi connectivity index (χ2v) is 9.20. The van der Waals surface area contributed by atoms with Crippen LogP contribution >= 0.6 is 0 Å². The van der Waals surface area contributed by atoms with Crippen LogP contribution in [0, 0.1) is 23.6 Å². The van der Waals surface area contributed by atoms with Crippen LogP contribution in [0.4, 0.5) is 4.39 Å². The Morgan fingerprint density at radius 2 is 1.48 bits per heavy atom. The molecule has 0 bridgehead atoms. The average Bonchev–Trinajstić information content (AvgIpc) is 2.72. The van der Waals surface area contributed by atoms with Crippen molar-refractivity contribution >= 4 is 0 Å². The third kappa shape index (κ3) is 6.77. The highest BCUT2D eigenvalue weighted by molar-refractivity contribution is 5.20. The summed E-state index contributed by atoms with van der Waals surface area (Å²) in [6, 6.07) is 7.20. The van der Waals surface area contributed by atoms with Crippen molar-refractivity contribution in [2.75, 3.05) is 0 Å². The first-order chi connectivity index (χ1) is 13.2. The summed E-state index contributed by atoms with van der Waals surface area (Å²) in [4.78, 5) is 0. The standard InChI is InChI=1S/C26H39F/c1-2-3-6-21-9-11-22(12-10-21)7-4-5-8-23-13-15-24(16-14-23)25-17-19-26(27)20-18-25/h4,7,17-24H,2-3,5-6,8-16H2,1H3/b7-4+. The Balaban J connectivity index is 1.29. The fourth-order valence-electron chi connectivity index (χ4n) is 5.30. The summed E-state index contributed by atoms with van der Waals surface area (Å²) in [6.07, 6.45) is 22.9. The summed E-state index contributed by atoms with van der Waals surface area (Å²) >= 11 is 0. The number of hydrogen-bond acceptors (Lipinski definition) is 0. The van der Waals surface area contributed by atoms with Crippen molar-refractivity contribution in [3.05, 3.63) is 47.8 Å². The summed E-state index contributed by atoms with van der Waals surface area (Å²) in [6.45, 7) is 2.31. The smallest absolute Gasteiger partial charge is 0.123 e. The van der Waals surface area contributed by atoms with Crippen LogP contribution in [0.3, 0.4) is 0 Å². The van der Waals surface area contributed by atoms with Gasteiger partial charge in [-0.1, -0.05) is 50.5 Å². The first-order valence-electron chi connectivity index (χ1n) is 11.7. The monoisotopic (exact) mass is 370 g/mol. The van der Waals surface area contributed by atoms with Gasteiger partial charge < -0.3 is 0 Å². The van der Waals surface area contributed by atoms with E-state index in [1.165, 1.54) is 89.0 Å². The van der Waals surface area contributed by atoms with Crippen LogP contribution in [0.5, 0.6) is 0 Å². The minimum Gasteiger partial charge on any atom is -0.207 e. The molecule has 0 atom stereocenters. The summed E-state index contributed by atoms with van der Waals surface area (Å²) in [5.41, 5.74) is 1.34. The number of halogens is 1. The van der Waals surface area contributed by atoms with Gasteiger partial charge in [0, 0.05) is 0 Å². The number of hydrogen-bond donors (Lipinski definition) is 0. The quantitative estimate of drug-likeness (QED) is 0.403. The first-order valence-corrected chi connectivity index (χ1v) is 11.7. The second kappa shape index (κ2) is 11.0. The molecule has 150 valence electrons. The Morgan fingerprint density at radius 3 is 2.15 bits per heavy atom. The molecule has 0 heterocycles. The van der Waals surface area contributed by atoms with Gasteiger partial charge in [-0.05, 0) is 106 Å². The van der Waals surface area contributed by atoms with E-state index in [0.29, 0.717) is 5.92 Å². The van der Waals surface area contributed by atoms with Crippen molar-refractivity contribution in [3.63, 3.8) is 0 Å². The van der Waals surface area contributed by atoms with Gasteiger partial charge in [-0.25, -0.2) is 4.39 Å².